The number of methoxy groups -OCH3 is 1. The number of ether oxygens (including phenoxy) is 1. The Kier molecular flexibility index (Phi) is 8.57. The van der Waals surface area contributed by atoms with Gasteiger partial charge in [-0.25, -0.2) is 0 Å². The number of carbonyl (C=O) groups is 1. The zero-order valence-corrected chi connectivity index (χ0v) is 21.8. The molecule has 1 amide bonds. The van der Waals surface area contributed by atoms with E-state index < -0.39 is 0 Å². The van der Waals surface area contributed by atoms with Crippen LogP contribution in [0.25, 0.3) is 10.9 Å². The largest absolute Gasteiger partial charge is 0.495 e. The third kappa shape index (κ3) is 5.62. The molecule has 3 heterocycles. The molecule has 0 radical (unpaired) electrons. The normalized spacial score (nSPS) is 22.6. The fourth-order valence-corrected chi connectivity index (χ4v) is 6.33. The number of fused-ring (bicyclic) bond motifs is 3. The van der Waals surface area contributed by atoms with Crippen molar-refractivity contribution in [3.8, 4) is 5.75 Å². The number of nitrogens with one attached hydrogen (secondary N) is 1. The summed E-state index contributed by atoms with van der Waals surface area (Å²) in [4.78, 5) is 15.8. The van der Waals surface area contributed by atoms with Gasteiger partial charge in [-0.2, -0.15) is 0 Å². The molecule has 2 aliphatic rings. The second-order valence-corrected chi connectivity index (χ2v) is 11.0. The molecule has 2 aromatic rings. The van der Waals surface area contributed by atoms with Crippen LogP contribution < -0.4 is 10.1 Å². The number of piperidine rings is 1. The predicted molar refractivity (Wildman–Crippen MR) is 141 cm³/mol. The first-order chi connectivity index (χ1) is 16.5. The summed E-state index contributed by atoms with van der Waals surface area (Å²) < 4.78 is 7.94. The molecule has 0 aliphatic carbocycles. The van der Waals surface area contributed by atoms with E-state index in [1.54, 1.807) is 7.11 Å². The van der Waals surface area contributed by atoms with Crippen molar-refractivity contribution >= 4 is 16.8 Å². The molecule has 2 saturated heterocycles. The Bertz CT molecular complexity index is 936. The molecule has 1 N–H and O–H groups in total. The molecule has 0 spiro atoms. The number of carbonyl (C=O) groups excluding carboxylic acids is 1. The van der Waals surface area contributed by atoms with Gasteiger partial charge >= 0.3 is 0 Å². The molecule has 3 atom stereocenters. The summed E-state index contributed by atoms with van der Waals surface area (Å²) in [6.45, 7) is 9.29. The van der Waals surface area contributed by atoms with Crippen LogP contribution in [0.1, 0.15) is 88.9 Å². The van der Waals surface area contributed by atoms with E-state index >= 15 is 0 Å². The predicted octanol–water partition coefficient (Wildman–Crippen LogP) is 6.25. The Balaban J connectivity index is 1.41. The number of aromatic nitrogens is 1. The maximum Gasteiger partial charge on any atom is 0.253 e. The third-order valence-corrected chi connectivity index (χ3v) is 8.01. The minimum Gasteiger partial charge on any atom is -0.495 e. The summed E-state index contributed by atoms with van der Waals surface area (Å²) in [5, 5.41) is 4.07. The van der Waals surface area contributed by atoms with Crippen LogP contribution in [-0.4, -0.2) is 47.7 Å². The fourth-order valence-electron chi connectivity index (χ4n) is 6.33. The Morgan fingerprint density at radius 3 is 2.56 bits per heavy atom. The summed E-state index contributed by atoms with van der Waals surface area (Å²) in [5.74, 6) is 2.23. The molecular weight excluding hydrogens is 422 g/mol. The number of hydrogen-bond acceptors (Lipinski definition) is 3. The maximum absolute atomic E-state index is 12.9. The van der Waals surface area contributed by atoms with E-state index in [4.69, 9.17) is 4.74 Å². The van der Waals surface area contributed by atoms with Crippen LogP contribution in [-0.2, 0) is 6.54 Å². The van der Waals surface area contributed by atoms with Crippen molar-refractivity contribution in [3.63, 3.8) is 0 Å². The SMILES string of the molecule is CCCCC[C@H]1C[C@H]2CC[C@@H](C1)N2CCCn1cc(C(=O)NCC(C)C)c2cccc(OC)c21. The third-order valence-electron chi connectivity index (χ3n) is 8.01. The Hall–Kier alpha value is -2.01. The van der Waals surface area contributed by atoms with Crippen LogP contribution in [0.5, 0.6) is 5.75 Å². The summed E-state index contributed by atoms with van der Waals surface area (Å²) in [5.41, 5.74) is 1.79. The minimum atomic E-state index is 0.00823. The van der Waals surface area contributed by atoms with Crippen molar-refractivity contribution in [2.24, 2.45) is 11.8 Å². The van der Waals surface area contributed by atoms with E-state index in [-0.39, 0.29) is 5.91 Å². The molecule has 5 heteroatoms. The zero-order valence-electron chi connectivity index (χ0n) is 21.8. The Morgan fingerprint density at radius 1 is 1.12 bits per heavy atom. The average molecular weight is 468 g/mol. The highest BCUT2D eigenvalue weighted by molar-refractivity contribution is 6.08. The number of benzene rings is 1. The van der Waals surface area contributed by atoms with Gasteiger partial charge in [0.2, 0.25) is 0 Å². The fraction of sp³-hybridized carbons (Fsp3) is 0.690. The highest BCUT2D eigenvalue weighted by atomic mass is 16.5. The number of unbranched alkanes of at least 4 members (excludes halogenated alkanes) is 2. The van der Waals surface area contributed by atoms with Gasteiger partial charge in [0.1, 0.15) is 5.75 Å². The molecule has 188 valence electrons. The van der Waals surface area contributed by atoms with Gasteiger partial charge in [-0.3, -0.25) is 9.69 Å². The van der Waals surface area contributed by atoms with Gasteiger partial charge in [-0.1, -0.05) is 58.6 Å². The molecular formula is C29H45N3O2. The lowest BCUT2D eigenvalue weighted by Gasteiger charge is -2.39. The Labute approximate surface area is 206 Å². The van der Waals surface area contributed by atoms with Crippen molar-refractivity contribution < 1.29 is 9.53 Å². The van der Waals surface area contributed by atoms with Crippen LogP contribution in [0.15, 0.2) is 24.4 Å². The molecule has 2 aliphatic heterocycles. The first kappa shape index (κ1) is 25.1. The number of aryl methyl sites for hydroxylation is 1. The lowest BCUT2D eigenvalue weighted by molar-refractivity contribution is 0.0950. The lowest BCUT2D eigenvalue weighted by Crippen LogP contribution is -2.43. The summed E-state index contributed by atoms with van der Waals surface area (Å²) in [7, 11) is 1.72. The van der Waals surface area contributed by atoms with Gasteiger partial charge in [0, 0.05) is 43.3 Å². The summed E-state index contributed by atoms with van der Waals surface area (Å²) in [6, 6.07) is 7.60. The number of para-hydroxylation sites is 1. The average Bonchev–Trinajstić information content (AvgIpc) is 3.31. The van der Waals surface area contributed by atoms with Crippen molar-refractivity contribution in [1.29, 1.82) is 0 Å². The molecule has 4 rings (SSSR count). The molecule has 2 bridgehead atoms. The van der Waals surface area contributed by atoms with Crippen LogP contribution in [0, 0.1) is 11.8 Å². The van der Waals surface area contributed by atoms with E-state index in [0.29, 0.717) is 12.5 Å². The Morgan fingerprint density at radius 2 is 1.88 bits per heavy atom. The lowest BCUT2D eigenvalue weighted by atomic mass is 9.86. The van der Waals surface area contributed by atoms with Crippen molar-refractivity contribution in [1.82, 2.24) is 14.8 Å². The zero-order chi connectivity index (χ0) is 24.1. The topological polar surface area (TPSA) is 46.5 Å². The van der Waals surface area contributed by atoms with Gasteiger partial charge in [0.25, 0.3) is 5.91 Å². The first-order valence-electron chi connectivity index (χ1n) is 13.7. The second kappa shape index (κ2) is 11.6. The van der Waals surface area contributed by atoms with Gasteiger partial charge in [0.15, 0.2) is 0 Å². The monoisotopic (exact) mass is 467 g/mol. The van der Waals surface area contributed by atoms with Crippen molar-refractivity contribution in [3.05, 3.63) is 30.0 Å². The number of rotatable bonds is 12. The molecule has 34 heavy (non-hydrogen) atoms. The minimum absolute atomic E-state index is 0.00823. The van der Waals surface area contributed by atoms with Crippen LogP contribution >= 0.6 is 0 Å². The summed E-state index contributed by atoms with van der Waals surface area (Å²) >= 11 is 0. The molecule has 2 fully saturated rings. The van der Waals surface area contributed by atoms with E-state index in [1.807, 2.05) is 24.4 Å². The smallest absolute Gasteiger partial charge is 0.253 e. The van der Waals surface area contributed by atoms with E-state index in [9.17, 15) is 4.79 Å². The van der Waals surface area contributed by atoms with Gasteiger partial charge < -0.3 is 14.6 Å². The number of hydrogen-bond donors (Lipinski definition) is 1. The van der Waals surface area contributed by atoms with E-state index in [2.05, 4.69) is 35.6 Å². The summed E-state index contributed by atoms with van der Waals surface area (Å²) in [6.07, 6.45) is 14.3. The van der Waals surface area contributed by atoms with Crippen LogP contribution in [0.3, 0.4) is 0 Å². The van der Waals surface area contributed by atoms with Gasteiger partial charge in [0.05, 0.1) is 18.2 Å². The van der Waals surface area contributed by atoms with Gasteiger partial charge in [-0.15, -0.1) is 0 Å². The quantitative estimate of drug-likeness (QED) is 0.375. The number of amides is 1. The van der Waals surface area contributed by atoms with Crippen molar-refractivity contribution in [2.45, 2.75) is 97.2 Å². The molecule has 5 nitrogen and oxygen atoms in total. The highest BCUT2D eigenvalue weighted by Gasteiger charge is 2.39. The van der Waals surface area contributed by atoms with E-state index in [0.717, 1.165) is 59.7 Å². The highest BCUT2D eigenvalue weighted by Crippen LogP contribution is 2.40. The molecule has 1 aromatic carbocycles. The molecule has 0 saturated carbocycles. The molecule has 0 unspecified atom stereocenters. The van der Waals surface area contributed by atoms with Gasteiger partial charge in [-0.05, 0) is 50.0 Å². The van der Waals surface area contributed by atoms with Crippen LogP contribution in [0.2, 0.25) is 0 Å². The van der Waals surface area contributed by atoms with E-state index in [1.165, 1.54) is 51.4 Å². The number of nitrogens with zero attached hydrogens (tertiary/aromatic N) is 2. The molecule has 1 aromatic heterocycles. The standard InChI is InChI=1S/C29H45N3O2/c1-5-6-7-10-22-17-23-13-14-24(18-22)32(23)16-9-15-31-20-26(29(33)30-19-21(2)3)25-11-8-12-27(34-4)28(25)31/h8,11-12,20-24H,5-7,9-10,13-19H2,1-4H3,(H,30,33)/t22-,23+,24-. The second-order valence-electron chi connectivity index (χ2n) is 11.0. The van der Waals surface area contributed by atoms with Crippen molar-refractivity contribution in [2.75, 3.05) is 20.2 Å². The first-order valence-corrected chi connectivity index (χ1v) is 13.7. The maximum atomic E-state index is 12.9. The van der Waals surface area contributed by atoms with Crippen LogP contribution in [0.4, 0.5) is 0 Å².